The number of carbonyl (C=O) groups excluding carboxylic acids is 4. The Balaban J connectivity index is 0.000000100. The first-order valence-corrected chi connectivity index (χ1v) is 55.1. The van der Waals surface area contributed by atoms with Crippen LogP contribution in [-0.2, 0) is 54.4 Å². The monoisotopic (exact) mass is 2050 g/mol. The van der Waals surface area contributed by atoms with Gasteiger partial charge in [0.25, 0.3) is 17.5 Å². The Morgan fingerprint density at radius 2 is 0.940 bits per heavy atom. The van der Waals surface area contributed by atoms with Crippen molar-refractivity contribution >= 4 is 62.2 Å². The highest BCUT2D eigenvalue weighted by Gasteiger charge is 2.80. The van der Waals surface area contributed by atoms with E-state index in [2.05, 4.69) is 47.3 Å². The number of aryl methyl sites for hydroxylation is 2. The number of carbonyl (C=O) groups is 4. The molecule has 0 unspecified atom stereocenters. The fourth-order valence-electron chi connectivity index (χ4n) is 32.9. The number of ketones is 2. The van der Waals surface area contributed by atoms with E-state index >= 15 is 0 Å². The number of nitriles is 1. The standard InChI is InChI=1S/C31H32ClN3O4.C30H30N4O6.2C28H32N2O4.C2H3N/c1-16-19-4-2-3-5-20(19)28(32)34-25(16)29(37)33-21-10-11-31(38)23-14-18-8-9-22(36)26-24(18)30(31,27(21)39-26)12-13-35(23)15-17-6-7-17;35-23-6-4-17-13-24-30(37)8-7-21(27-29(30,25(17)26(23)40-27)9-10-33(24)15-16-1-2-16)32-28(36)22-12-19-11-20(34(38)39)5-3-18(19)14-31-22;1-30(16-17-2-3-17)13-10-27-24-19-4-5-21(31)25(24)34-26(27)20(6-9-28(27,33)23(30)15-19)14-22(32)18-7-11-29-12-8-18;1-29-11-7-18(8-12-29)22(32)14-20-6-9-28(33)23-15-19-4-5-21(31)25-24(19)27(28,26(20)34-25)10-13-30(23)16-17-2-3-17;1-2-3/h2-5,8-9,17,21,23,27,36,38H,6-7,10-15H2,1H3,(H,33,37);3-6,11-12,14,16,21,24,27,35,37H,1-2,7-10,13,15H2,(H,32,36);2*4-5,7-8,11-12,17,20,23,26,33H,2-3,6,9-10,13-16H2,1H3;1H3/p+2/t21-,23+,27-,30-,31+;21-,24+,27-,29-,30+;20-,23+,26-,27-,28+,30-;20-,23+,26-,27-,28+;/m0000./s1. The molecular weight excluding hydrogens is 1920 g/mol. The van der Waals surface area contributed by atoms with E-state index in [4.69, 9.17) is 35.8 Å². The molecule has 0 radical (unpaired) electrons. The SMILES string of the molecule is CC#N.C[N@@+]1(CC2CC2)CC[C@]23c4c5ccc(O)c4O[C@H]2[C@H](CC(=O)c2ccncc2)CC[C@@]3(O)[C@H]1C5.C[n+]1ccc(C(=O)C[C@@H]2CC[C@@]3(O)[C@H]4Cc5ccc(O)c6c5[C@@]3(CCN4CC3CC3)[C@H]2O6)cc1.Cc1c(C(=O)N[C@H]2CC[C@@]3(O)[C@H]4Cc5ccc(O)c6c5[C@@]3(CCN4CC3CC3)[C@H]2O6)nc(Cl)c2ccccc12.O=C(N[C@H]1CC[C@@]2(O)[C@H]3Cc4ccc(O)c5c4[C@@]2(CCN3CC2CC2)[C@H]1O5)c1cc2cc([N+](=O)[O-])ccc2cn1. The zero-order chi connectivity index (χ0) is 103. The van der Waals surface area contributed by atoms with Crippen molar-refractivity contribution in [3.63, 3.8) is 0 Å². The number of quaternary nitrogens is 1. The van der Waals surface area contributed by atoms with Crippen molar-refractivity contribution in [2.24, 2.45) is 42.6 Å². The minimum Gasteiger partial charge on any atom is -0.504 e. The fourth-order valence-corrected chi connectivity index (χ4v) is 33.1. The molecule has 8 bridgehead atoms. The van der Waals surface area contributed by atoms with E-state index in [0.717, 1.165) is 181 Å². The smallest absolute Gasteiger partial charge is 0.270 e. The minimum absolute atomic E-state index is 0.000344. The molecule has 8 aliphatic heterocycles. The maximum Gasteiger partial charge on any atom is 0.270 e. The van der Waals surface area contributed by atoms with Crippen LogP contribution >= 0.6 is 11.6 Å². The number of Topliss-reactive ketones (excluding diaryl/α,β-unsaturated/α-hetero) is 2. The average molecular weight is 2050 g/mol. The van der Waals surface area contributed by atoms with Crippen molar-refractivity contribution in [1.82, 2.24) is 40.3 Å². The second-order valence-corrected chi connectivity index (χ2v) is 48.5. The summed E-state index contributed by atoms with van der Waals surface area (Å²) < 4.78 is 29.2. The fraction of sp³-hybridized carbons (Fsp3) is 0.521. The lowest BCUT2D eigenvalue weighted by molar-refractivity contribution is -0.950. The van der Waals surface area contributed by atoms with Gasteiger partial charge in [0.2, 0.25) is 0 Å². The normalized spacial score (nSPS) is 34.0. The van der Waals surface area contributed by atoms with Gasteiger partial charge in [-0.1, -0.05) is 60.1 Å². The number of nitro benzene ring substituents is 1. The molecule has 4 spiro atoms. The third kappa shape index (κ3) is 14.7. The van der Waals surface area contributed by atoms with Crippen LogP contribution in [0, 0.1) is 63.9 Å². The Morgan fingerprint density at radius 3 is 1.41 bits per heavy atom. The molecule has 31 heteroatoms. The van der Waals surface area contributed by atoms with Gasteiger partial charge in [0.15, 0.2) is 70.0 Å². The van der Waals surface area contributed by atoms with Gasteiger partial charge in [0.05, 0.1) is 81.7 Å². The molecule has 12 aliphatic carbocycles. The molecule has 10 aromatic rings. The predicted octanol–water partition coefficient (Wildman–Crippen LogP) is 14.1. The Kier molecular flexibility index (Phi) is 23.1. The number of likely N-dealkylation sites (tertiary alicyclic amines) is 4. The highest BCUT2D eigenvalue weighted by molar-refractivity contribution is 6.34. The third-order valence-corrected chi connectivity index (χ3v) is 40.6. The number of phenolic OH excluding ortho intramolecular Hbond substituents is 4. The summed E-state index contributed by atoms with van der Waals surface area (Å²) in [6, 6.07) is 37.1. The summed E-state index contributed by atoms with van der Waals surface area (Å²) >= 11 is 6.49. The number of likely N-dealkylation sites (N-methyl/N-ethyl adjacent to an activating group) is 1. The summed E-state index contributed by atoms with van der Waals surface area (Å²) in [6.45, 7) is 11.2. The molecule has 10 N–H and O–H groups in total. The molecule has 150 heavy (non-hydrogen) atoms. The number of piperidine rings is 4. The third-order valence-electron chi connectivity index (χ3n) is 40.3. The van der Waals surface area contributed by atoms with E-state index in [1.54, 1.807) is 73.2 Å². The van der Waals surface area contributed by atoms with Gasteiger partial charge in [0.1, 0.15) is 59.6 Å². The maximum absolute atomic E-state index is 13.7. The largest absolute Gasteiger partial charge is 0.504 e. The van der Waals surface area contributed by atoms with E-state index in [1.807, 2.05) is 91.6 Å². The summed E-state index contributed by atoms with van der Waals surface area (Å²) in [4.78, 5) is 84.9. The number of amides is 2. The number of non-ortho nitro benzene ring substituents is 1. The second kappa shape index (κ2) is 35.5. The lowest BCUT2D eigenvalue weighted by Gasteiger charge is -2.65. The number of rotatable bonds is 19. The molecule has 12 fully saturated rings. The average Bonchev–Trinajstić information content (AvgIpc) is 1.53. The van der Waals surface area contributed by atoms with Crippen molar-refractivity contribution in [3.05, 3.63) is 240 Å². The molecule has 2 amide bonds. The molecule has 30 nitrogen and oxygen atoms in total. The van der Waals surface area contributed by atoms with Gasteiger partial charge in [0, 0.05) is 175 Å². The van der Waals surface area contributed by atoms with E-state index in [1.165, 1.54) is 81.5 Å². The summed E-state index contributed by atoms with van der Waals surface area (Å²) in [5.74, 6) is 5.02. The number of nitrogens with zero attached hydrogens (tertiary/aromatic N) is 10. The number of aromatic nitrogens is 4. The topological polar surface area (TPSA) is 410 Å². The highest BCUT2D eigenvalue weighted by atomic mass is 35.5. The summed E-state index contributed by atoms with van der Waals surface area (Å²) in [5, 5.41) is 122. The number of nitrogens with one attached hydrogen (secondary N) is 2. The van der Waals surface area contributed by atoms with Crippen LogP contribution in [-0.4, -0.2) is 246 Å². The van der Waals surface area contributed by atoms with Gasteiger partial charge < -0.3 is 74.9 Å². The molecule has 4 saturated heterocycles. The lowest BCUT2D eigenvalue weighted by Crippen LogP contribution is -2.80. The van der Waals surface area contributed by atoms with Crippen molar-refractivity contribution in [1.29, 1.82) is 5.26 Å². The van der Waals surface area contributed by atoms with Crippen LogP contribution in [0.15, 0.2) is 152 Å². The number of hydrogen-bond acceptors (Lipinski definition) is 25. The van der Waals surface area contributed by atoms with Crippen LogP contribution in [0.1, 0.15) is 240 Å². The number of halogens is 1. The number of fused-ring (bicyclic) bond motifs is 2. The van der Waals surface area contributed by atoms with Crippen LogP contribution in [0.5, 0.6) is 46.0 Å². The zero-order valence-electron chi connectivity index (χ0n) is 85.2. The number of aromatic hydroxyl groups is 4. The number of phenols is 4. The Hall–Kier alpha value is -12.0. The number of ether oxygens (including phenoxy) is 4. The second-order valence-electron chi connectivity index (χ2n) is 48.1. The van der Waals surface area contributed by atoms with Crippen LogP contribution < -0.4 is 34.1 Å². The number of pyridine rings is 4. The number of benzene rings is 6. The highest BCUT2D eigenvalue weighted by Crippen LogP contribution is 2.73. The zero-order valence-corrected chi connectivity index (χ0v) is 86.0. The molecule has 780 valence electrons. The summed E-state index contributed by atoms with van der Waals surface area (Å²) in [6.07, 6.45) is 29.3. The van der Waals surface area contributed by atoms with Gasteiger partial charge in [-0.15, -0.1) is 0 Å². The van der Waals surface area contributed by atoms with E-state index < -0.39 is 73.1 Å². The molecule has 4 aromatic heterocycles. The van der Waals surface area contributed by atoms with Crippen molar-refractivity contribution in [2.45, 2.75) is 286 Å². The maximum atomic E-state index is 13.7. The first-order chi connectivity index (χ1) is 72.3. The van der Waals surface area contributed by atoms with Gasteiger partial charge in [-0.05, 0) is 273 Å². The lowest BCUT2D eigenvalue weighted by atomic mass is 9.46. The van der Waals surface area contributed by atoms with Gasteiger partial charge >= 0.3 is 0 Å². The van der Waals surface area contributed by atoms with Crippen LogP contribution in [0.25, 0.3) is 21.5 Å². The predicted molar refractivity (Wildman–Crippen MR) is 554 cm³/mol. The molecule has 12 heterocycles. The number of nitro groups is 1. The minimum atomic E-state index is -1.03. The molecular formula is C119H131ClN12O18+2. The Morgan fingerprint density at radius 1 is 0.520 bits per heavy atom. The van der Waals surface area contributed by atoms with Crippen molar-refractivity contribution < 1.29 is 93.0 Å². The van der Waals surface area contributed by atoms with Crippen molar-refractivity contribution in [2.75, 3.05) is 59.4 Å². The first-order valence-electron chi connectivity index (χ1n) is 54.7. The van der Waals surface area contributed by atoms with Crippen LogP contribution in [0.4, 0.5) is 5.69 Å². The summed E-state index contributed by atoms with van der Waals surface area (Å²) in [5.41, 5.74) is 4.88. The number of hydrogen-bond donors (Lipinski definition) is 10. The van der Waals surface area contributed by atoms with Crippen molar-refractivity contribution in [3.8, 4) is 52.1 Å². The first kappa shape index (κ1) is 97.5. The number of aliphatic hydroxyl groups is 4. The van der Waals surface area contributed by atoms with Gasteiger partial charge in [-0.3, -0.25) is 54.0 Å². The Labute approximate surface area is 875 Å². The van der Waals surface area contributed by atoms with Crippen LogP contribution in [0.3, 0.4) is 0 Å². The van der Waals surface area contributed by atoms with Gasteiger partial charge in [-0.25, -0.2) is 9.55 Å². The molecule has 20 aliphatic rings. The molecule has 6 aromatic carbocycles. The van der Waals surface area contributed by atoms with E-state index in [9.17, 15) is 70.1 Å². The molecule has 8 saturated carbocycles. The molecule has 21 atom stereocenters. The molecule has 30 rings (SSSR count). The van der Waals surface area contributed by atoms with Gasteiger partial charge in [-0.2, -0.15) is 5.26 Å². The summed E-state index contributed by atoms with van der Waals surface area (Å²) in [7, 11) is 4.29. The Bertz CT molecular complexity index is 7310. The van der Waals surface area contributed by atoms with E-state index in [0.29, 0.717) is 120 Å². The van der Waals surface area contributed by atoms with Crippen LogP contribution in [0.2, 0.25) is 5.15 Å². The van der Waals surface area contributed by atoms with E-state index in [-0.39, 0.29) is 106 Å². The quantitative estimate of drug-likeness (QED) is 0.00897.